The first kappa shape index (κ1) is 16.0. The maximum atomic E-state index is 12.5. The standard InChI is InChI=1S/C18H16Cl2N2O/c1-11(2)22-16-8-7-12(19)9-14(16)18(21-10-17(22)23)13-5-3-4-6-15(13)20/h3-9,11H,10H2,1-2H3. The number of anilines is 1. The summed E-state index contributed by atoms with van der Waals surface area (Å²) in [6.45, 7) is 4.05. The summed E-state index contributed by atoms with van der Waals surface area (Å²) in [6, 6.07) is 13.0. The first-order chi connectivity index (χ1) is 11.0. The molecule has 1 aliphatic heterocycles. The number of benzene rings is 2. The molecule has 0 atom stereocenters. The number of benzodiazepines with no additional fused rings is 1. The lowest BCUT2D eigenvalue weighted by Gasteiger charge is -2.27. The van der Waals surface area contributed by atoms with Crippen LogP contribution in [0.15, 0.2) is 47.5 Å². The fourth-order valence-electron chi connectivity index (χ4n) is 2.80. The second kappa shape index (κ2) is 6.34. The Bertz CT molecular complexity index is 799. The van der Waals surface area contributed by atoms with Crippen molar-refractivity contribution < 1.29 is 4.79 Å². The second-order valence-corrected chi connectivity index (χ2v) is 6.51. The predicted octanol–water partition coefficient (Wildman–Crippen LogP) is 4.59. The summed E-state index contributed by atoms with van der Waals surface area (Å²) in [6.07, 6.45) is 0. The summed E-state index contributed by atoms with van der Waals surface area (Å²) in [7, 11) is 0. The van der Waals surface area contributed by atoms with Gasteiger partial charge in [-0.25, -0.2) is 0 Å². The van der Waals surface area contributed by atoms with Crippen molar-refractivity contribution in [1.82, 2.24) is 0 Å². The molecule has 1 heterocycles. The Morgan fingerprint density at radius 2 is 1.83 bits per heavy atom. The number of aliphatic imine (C=N–C) groups is 1. The van der Waals surface area contributed by atoms with Crippen molar-refractivity contribution in [2.24, 2.45) is 4.99 Å². The van der Waals surface area contributed by atoms with Crippen LogP contribution in [0, 0.1) is 0 Å². The Kier molecular flexibility index (Phi) is 4.42. The Balaban J connectivity index is 2.26. The van der Waals surface area contributed by atoms with Gasteiger partial charge in [-0.1, -0.05) is 41.4 Å². The Morgan fingerprint density at radius 1 is 1.09 bits per heavy atom. The highest BCUT2D eigenvalue weighted by atomic mass is 35.5. The lowest BCUT2D eigenvalue weighted by molar-refractivity contribution is -0.117. The van der Waals surface area contributed by atoms with E-state index in [1.54, 1.807) is 11.0 Å². The SMILES string of the molecule is CC(C)N1C(=O)CN=C(c2ccccc2Cl)c2cc(Cl)ccc21. The molecule has 0 spiro atoms. The molecule has 0 saturated heterocycles. The molecule has 0 saturated carbocycles. The highest BCUT2D eigenvalue weighted by molar-refractivity contribution is 6.37. The van der Waals surface area contributed by atoms with E-state index in [9.17, 15) is 4.79 Å². The van der Waals surface area contributed by atoms with Gasteiger partial charge in [0, 0.05) is 27.2 Å². The predicted molar refractivity (Wildman–Crippen MR) is 96.0 cm³/mol. The van der Waals surface area contributed by atoms with Gasteiger partial charge in [0.2, 0.25) is 5.91 Å². The van der Waals surface area contributed by atoms with Crippen LogP contribution in [0.4, 0.5) is 5.69 Å². The number of carbonyl (C=O) groups excluding carboxylic acids is 1. The Hall–Kier alpha value is -1.84. The normalized spacial score (nSPS) is 14.6. The Labute approximate surface area is 145 Å². The van der Waals surface area contributed by atoms with E-state index in [2.05, 4.69) is 4.99 Å². The van der Waals surface area contributed by atoms with Gasteiger partial charge in [0.25, 0.3) is 0 Å². The van der Waals surface area contributed by atoms with Crippen LogP contribution in [0.5, 0.6) is 0 Å². The van der Waals surface area contributed by atoms with E-state index < -0.39 is 0 Å². The minimum absolute atomic E-state index is 0.0308. The van der Waals surface area contributed by atoms with Crippen molar-refractivity contribution in [2.45, 2.75) is 19.9 Å². The van der Waals surface area contributed by atoms with E-state index in [0.717, 1.165) is 16.8 Å². The maximum Gasteiger partial charge on any atom is 0.248 e. The van der Waals surface area contributed by atoms with Gasteiger partial charge in [0.05, 0.1) is 11.4 Å². The zero-order valence-electron chi connectivity index (χ0n) is 12.9. The first-order valence-corrected chi connectivity index (χ1v) is 8.16. The number of carbonyl (C=O) groups is 1. The minimum Gasteiger partial charge on any atom is -0.308 e. The van der Waals surface area contributed by atoms with E-state index in [-0.39, 0.29) is 18.5 Å². The second-order valence-electron chi connectivity index (χ2n) is 5.66. The van der Waals surface area contributed by atoms with Crippen LogP contribution in [-0.4, -0.2) is 24.2 Å². The summed E-state index contributed by atoms with van der Waals surface area (Å²) in [4.78, 5) is 18.8. The quantitative estimate of drug-likeness (QED) is 0.782. The Morgan fingerprint density at radius 3 is 2.52 bits per heavy atom. The molecule has 1 amide bonds. The zero-order chi connectivity index (χ0) is 16.6. The molecule has 0 N–H and O–H groups in total. The van der Waals surface area contributed by atoms with Crippen molar-refractivity contribution in [2.75, 3.05) is 11.4 Å². The molecule has 1 aliphatic rings. The number of fused-ring (bicyclic) bond motifs is 1. The topological polar surface area (TPSA) is 32.7 Å². The molecule has 0 radical (unpaired) electrons. The molecule has 0 fully saturated rings. The zero-order valence-corrected chi connectivity index (χ0v) is 14.4. The summed E-state index contributed by atoms with van der Waals surface area (Å²) < 4.78 is 0. The van der Waals surface area contributed by atoms with E-state index >= 15 is 0 Å². The molecule has 0 bridgehead atoms. The van der Waals surface area contributed by atoms with E-state index in [0.29, 0.717) is 15.8 Å². The first-order valence-electron chi connectivity index (χ1n) is 7.40. The molecule has 3 rings (SSSR count). The van der Waals surface area contributed by atoms with Crippen molar-refractivity contribution in [3.05, 3.63) is 63.6 Å². The van der Waals surface area contributed by atoms with Crippen LogP contribution in [-0.2, 0) is 4.79 Å². The van der Waals surface area contributed by atoms with Gasteiger partial charge >= 0.3 is 0 Å². The smallest absolute Gasteiger partial charge is 0.248 e. The van der Waals surface area contributed by atoms with Gasteiger partial charge < -0.3 is 4.90 Å². The van der Waals surface area contributed by atoms with Gasteiger partial charge in [0.15, 0.2) is 0 Å². The van der Waals surface area contributed by atoms with Gasteiger partial charge in [-0.05, 0) is 38.1 Å². The van der Waals surface area contributed by atoms with Gasteiger partial charge in [-0.15, -0.1) is 0 Å². The summed E-state index contributed by atoms with van der Waals surface area (Å²) >= 11 is 12.5. The molecule has 0 unspecified atom stereocenters. The number of nitrogens with zero attached hydrogens (tertiary/aromatic N) is 2. The van der Waals surface area contributed by atoms with E-state index in [1.807, 2.05) is 50.2 Å². The number of rotatable bonds is 2. The summed E-state index contributed by atoms with van der Waals surface area (Å²) in [5, 5.41) is 1.20. The molecule has 5 heteroatoms. The molecular weight excluding hydrogens is 331 g/mol. The number of hydrogen-bond donors (Lipinski definition) is 0. The summed E-state index contributed by atoms with van der Waals surface area (Å²) in [5.74, 6) is -0.0365. The highest BCUT2D eigenvalue weighted by Gasteiger charge is 2.27. The molecule has 23 heavy (non-hydrogen) atoms. The van der Waals surface area contributed by atoms with Crippen molar-refractivity contribution in [1.29, 1.82) is 0 Å². The van der Waals surface area contributed by atoms with Gasteiger partial charge in [-0.2, -0.15) is 0 Å². The van der Waals surface area contributed by atoms with Crippen molar-refractivity contribution in [3.8, 4) is 0 Å². The van der Waals surface area contributed by atoms with Crippen LogP contribution in [0.1, 0.15) is 25.0 Å². The van der Waals surface area contributed by atoms with Crippen molar-refractivity contribution in [3.63, 3.8) is 0 Å². The molecule has 0 aromatic heterocycles. The lowest BCUT2D eigenvalue weighted by Crippen LogP contribution is -2.38. The van der Waals surface area contributed by atoms with Gasteiger partial charge in [0.1, 0.15) is 6.54 Å². The van der Waals surface area contributed by atoms with Crippen LogP contribution in [0.25, 0.3) is 0 Å². The van der Waals surface area contributed by atoms with Crippen LogP contribution < -0.4 is 4.90 Å². The average Bonchev–Trinajstić information content (AvgIpc) is 2.64. The largest absolute Gasteiger partial charge is 0.308 e. The van der Waals surface area contributed by atoms with Gasteiger partial charge in [-0.3, -0.25) is 9.79 Å². The van der Waals surface area contributed by atoms with Crippen LogP contribution in [0.2, 0.25) is 10.0 Å². The third-order valence-electron chi connectivity index (χ3n) is 3.76. The molecule has 2 aromatic rings. The third kappa shape index (κ3) is 2.99. The molecular formula is C18H16Cl2N2O. The lowest BCUT2D eigenvalue weighted by atomic mass is 9.99. The molecule has 118 valence electrons. The fraction of sp³-hybridized carbons (Fsp3) is 0.222. The fourth-order valence-corrected chi connectivity index (χ4v) is 3.20. The van der Waals surface area contributed by atoms with Crippen LogP contribution >= 0.6 is 23.2 Å². The number of amides is 1. The molecule has 2 aromatic carbocycles. The summed E-state index contributed by atoms with van der Waals surface area (Å²) in [5.41, 5.74) is 3.14. The monoisotopic (exact) mass is 346 g/mol. The average molecular weight is 347 g/mol. The number of hydrogen-bond acceptors (Lipinski definition) is 2. The number of halogens is 2. The van der Waals surface area contributed by atoms with E-state index in [1.165, 1.54) is 0 Å². The highest BCUT2D eigenvalue weighted by Crippen LogP contribution is 2.32. The molecule has 3 nitrogen and oxygen atoms in total. The van der Waals surface area contributed by atoms with Crippen LogP contribution in [0.3, 0.4) is 0 Å². The van der Waals surface area contributed by atoms with Crippen molar-refractivity contribution >= 4 is 40.5 Å². The maximum absolute atomic E-state index is 12.5. The third-order valence-corrected chi connectivity index (χ3v) is 4.32. The van der Waals surface area contributed by atoms with E-state index in [4.69, 9.17) is 23.2 Å². The molecule has 0 aliphatic carbocycles. The minimum atomic E-state index is -0.0365.